The van der Waals surface area contributed by atoms with Crippen molar-refractivity contribution in [3.8, 4) is 5.75 Å². The molecule has 0 atom stereocenters. The molecular weight excluding hydrogens is 212 g/mol. The van der Waals surface area contributed by atoms with Gasteiger partial charge in [0.25, 0.3) is 0 Å². The number of hydrogen-bond donors (Lipinski definition) is 1. The van der Waals surface area contributed by atoms with Crippen LogP contribution in [0.1, 0.15) is 44.7 Å². The Bertz CT molecular complexity index is 332. The smallest absolute Gasteiger partial charge is 0.125 e. The van der Waals surface area contributed by atoms with E-state index in [1.165, 1.54) is 5.56 Å². The van der Waals surface area contributed by atoms with Crippen molar-refractivity contribution >= 4 is 0 Å². The second-order valence-corrected chi connectivity index (χ2v) is 4.90. The van der Waals surface area contributed by atoms with Gasteiger partial charge >= 0.3 is 0 Å². The van der Waals surface area contributed by atoms with Gasteiger partial charge in [0.2, 0.25) is 0 Å². The molecule has 1 rings (SSSR count). The molecule has 0 aromatic heterocycles. The van der Waals surface area contributed by atoms with Gasteiger partial charge in [-0.15, -0.1) is 0 Å². The summed E-state index contributed by atoms with van der Waals surface area (Å²) in [6, 6.07) is 6.12. The summed E-state index contributed by atoms with van der Waals surface area (Å²) >= 11 is 0. The molecule has 0 fully saturated rings. The van der Waals surface area contributed by atoms with Crippen molar-refractivity contribution in [1.29, 1.82) is 0 Å². The van der Waals surface area contributed by atoms with Gasteiger partial charge in [-0.05, 0) is 30.4 Å². The number of rotatable bonds is 7. The maximum Gasteiger partial charge on any atom is 0.125 e. The lowest BCUT2D eigenvalue weighted by Gasteiger charge is -2.12. The molecule has 96 valence electrons. The molecule has 17 heavy (non-hydrogen) atoms. The molecule has 0 radical (unpaired) electrons. The Morgan fingerprint density at radius 3 is 2.65 bits per heavy atom. The molecule has 0 aliphatic heterocycles. The normalized spacial score (nSPS) is 10.9. The van der Waals surface area contributed by atoms with Gasteiger partial charge in [0.05, 0.1) is 13.2 Å². The highest BCUT2D eigenvalue weighted by atomic mass is 16.5. The molecule has 0 aliphatic rings. The van der Waals surface area contributed by atoms with Crippen LogP contribution in [-0.4, -0.2) is 11.7 Å². The van der Waals surface area contributed by atoms with Gasteiger partial charge in [-0.25, -0.2) is 0 Å². The topological polar surface area (TPSA) is 29.5 Å². The Balaban J connectivity index is 2.75. The lowest BCUT2D eigenvalue weighted by Crippen LogP contribution is -2.02. The fraction of sp³-hybridized carbons (Fsp3) is 0.600. The van der Waals surface area contributed by atoms with E-state index in [0.717, 1.165) is 37.2 Å². The highest BCUT2D eigenvalue weighted by Gasteiger charge is 2.06. The minimum atomic E-state index is 0.0451. The van der Waals surface area contributed by atoms with Crippen molar-refractivity contribution in [1.82, 2.24) is 0 Å². The lowest BCUT2D eigenvalue weighted by atomic mass is 10.0. The van der Waals surface area contributed by atoms with Gasteiger partial charge < -0.3 is 9.84 Å². The molecule has 0 amide bonds. The van der Waals surface area contributed by atoms with E-state index in [4.69, 9.17) is 4.74 Å². The highest BCUT2D eigenvalue weighted by molar-refractivity contribution is 5.37. The Labute approximate surface area is 105 Å². The molecule has 2 heteroatoms. The molecule has 0 heterocycles. The number of aliphatic hydroxyl groups excluding tert-OH is 1. The van der Waals surface area contributed by atoms with Crippen LogP contribution >= 0.6 is 0 Å². The van der Waals surface area contributed by atoms with E-state index in [0.29, 0.717) is 5.92 Å². The number of ether oxygens (including phenoxy) is 1. The minimum Gasteiger partial charge on any atom is -0.493 e. The van der Waals surface area contributed by atoms with Gasteiger partial charge in [-0.3, -0.25) is 0 Å². The van der Waals surface area contributed by atoms with E-state index >= 15 is 0 Å². The Morgan fingerprint density at radius 2 is 2.06 bits per heavy atom. The number of unbranched alkanes of at least 4 members (excludes halogenated alkanes) is 1. The summed E-state index contributed by atoms with van der Waals surface area (Å²) in [5, 5.41) is 9.27. The maximum absolute atomic E-state index is 9.27. The zero-order valence-electron chi connectivity index (χ0n) is 11.2. The van der Waals surface area contributed by atoms with Crippen LogP contribution in [0.25, 0.3) is 0 Å². The molecule has 0 unspecified atom stereocenters. The summed E-state index contributed by atoms with van der Waals surface area (Å²) in [6.45, 7) is 7.33. The standard InChI is InChI=1S/C15H24O2/c1-4-5-8-17-15-10-13(9-12(2)3)6-7-14(15)11-16/h6-7,10,12,16H,4-5,8-9,11H2,1-3H3. The van der Waals surface area contributed by atoms with E-state index in [1.54, 1.807) is 0 Å². The van der Waals surface area contributed by atoms with Crippen molar-refractivity contribution in [2.45, 2.75) is 46.6 Å². The third kappa shape index (κ3) is 4.78. The monoisotopic (exact) mass is 236 g/mol. The predicted octanol–water partition coefficient (Wildman–Crippen LogP) is 3.56. The van der Waals surface area contributed by atoms with Crippen molar-refractivity contribution in [3.63, 3.8) is 0 Å². The van der Waals surface area contributed by atoms with Crippen LogP contribution in [0.3, 0.4) is 0 Å². The number of benzene rings is 1. The summed E-state index contributed by atoms with van der Waals surface area (Å²) in [7, 11) is 0. The van der Waals surface area contributed by atoms with E-state index in [-0.39, 0.29) is 6.61 Å². The molecule has 0 saturated heterocycles. The first-order chi connectivity index (χ1) is 8.17. The Morgan fingerprint density at radius 1 is 1.29 bits per heavy atom. The van der Waals surface area contributed by atoms with Gasteiger partial charge in [0.1, 0.15) is 5.75 Å². The average Bonchev–Trinajstić information content (AvgIpc) is 2.29. The number of aliphatic hydroxyl groups is 1. The van der Waals surface area contributed by atoms with Crippen LogP contribution in [0.4, 0.5) is 0 Å². The molecule has 0 spiro atoms. The molecule has 0 bridgehead atoms. The molecule has 1 aromatic carbocycles. The fourth-order valence-corrected chi connectivity index (χ4v) is 1.79. The lowest BCUT2D eigenvalue weighted by molar-refractivity contribution is 0.261. The van der Waals surface area contributed by atoms with Crippen molar-refractivity contribution in [3.05, 3.63) is 29.3 Å². The summed E-state index contributed by atoms with van der Waals surface area (Å²) in [4.78, 5) is 0. The second-order valence-electron chi connectivity index (χ2n) is 4.90. The summed E-state index contributed by atoms with van der Waals surface area (Å²) in [6.07, 6.45) is 3.23. The van der Waals surface area contributed by atoms with E-state index < -0.39 is 0 Å². The van der Waals surface area contributed by atoms with Gasteiger partial charge in [0, 0.05) is 5.56 Å². The highest BCUT2D eigenvalue weighted by Crippen LogP contribution is 2.22. The summed E-state index contributed by atoms with van der Waals surface area (Å²) in [5.74, 6) is 1.48. The summed E-state index contributed by atoms with van der Waals surface area (Å²) < 4.78 is 5.73. The van der Waals surface area contributed by atoms with Crippen molar-refractivity contribution in [2.24, 2.45) is 5.92 Å². The van der Waals surface area contributed by atoms with E-state index in [1.807, 2.05) is 6.07 Å². The van der Waals surface area contributed by atoms with Crippen LogP contribution < -0.4 is 4.74 Å². The second kappa shape index (κ2) is 7.33. The SMILES string of the molecule is CCCCOc1cc(CC(C)C)ccc1CO. The van der Waals surface area contributed by atoms with Crippen molar-refractivity contribution < 1.29 is 9.84 Å². The van der Waals surface area contributed by atoms with Crippen LogP contribution in [0, 0.1) is 5.92 Å². The summed E-state index contributed by atoms with van der Waals surface area (Å²) in [5.41, 5.74) is 2.16. The minimum absolute atomic E-state index is 0.0451. The van der Waals surface area contributed by atoms with E-state index in [9.17, 15) is 5.11 Å². The zero-order valence-corrected chi connectivity index (χ0v) is 11.2. The molecular formula is C15H24O2. The van der Waals surface area contributed by atoms with Gasteiger partial charge in [0.15, 0.2) is 0 Å². The largest absolute Gasteiger partial charge is 0.493 e. The van der Waals surface area contributed by atoms with Crippen molar-refractivity contribution in [2.75, 3.05) is 6.61 Å². The Kier molecular flexibility index (Phi) is 6.06. The molecule has 1 aromatic rings. The zero-order chi connectivity index (χ0) is 12.7. The van der Waals surface area contributed by atoms with Gasteiger partial charge in [-0.2, -0.15) is 0 Å². The van der Waals surface area contributed by atoms with Crippen LogP contribution in [0.5, 0.6) is 5.75 Å². The first-order valence-electron chi connectivity index (χ1n) is 6.52. The molecule has 1 N–H and O–H groups in total. The molecule has 0 saturated carbocycles. The fourth-order valence-electron chi connectivity index (χ4n) is 1.79. The van der Waals surface area contributed by atoms with Crippen LogP contribution in [-0.2, 0) is 13.0 Å². The van der Waals surface area contributed by atoms with E-state index in [2.05, 4.69) is 32.9 Å². The van der Waals surface area contributed by atoms with Crippen LogP contribution in [0.2, 0.25) is 0 Å². The third-order valence-corrected chi connectivity index (χ3v) is 2.70. The van der Waals surface area contributed by atoms with Crippen LogP contribution in [0.15, 0.2) is 18.2 Å². The first-order valence-corrected chi connectivity index (χ1v) is 6.52. The number of hydrogen-bond acceptors (Lipinski definition) is 2. The maximum atomic E-state index is 9.27. The van der Waals surface area contributed by atoms with Gasteiger partial charge in [-0.1, -0.05) is 39.3 Å². The third-order valence-electron chi connectivity index (χ3n) is 2.70. The molecule has 2 nitrogen and oxygen atoms in total. The predicted molar refractivity (Wildman–Crippen MR) is 71.3 cm³/mol. The Hall–Kier alpha value is -1.02. The quantitative estimate of drug-likeness (QED) is 0.733. The first kappa shape index (κ1) is 14.0. The molecule has 0 aliphatic carbocycles. The average molecular weight is 236 g/mol.